The summed E-state index contributed by atoms with van der Waals surface area (Å²) in [4.78, 5) is 0. The van der Waals surface area contributed by atoms with E-state index in [4.69, 9.17) is 0 Å². The van der Waals surface area contributed by atoms with Crippen LogP contribution >= 0.6 is 0 Å². The third-order valence-electron chi connectivity index (χ3n) is 3.82. The van der Waals surface area contributed by atoms with Crippen molar-refractivity contribution < 1.29 is 0 Å². The first-order valence-corrected chi connectivity index (χ1v) is 6.86. The minimum absolute atomic E-state index is 0.945. The number of allylic oxidation sites excluding steroid dienone is 1. The van der Waals surface area contributed by atoms with Crippen molar-refractivity contribution >= 4 is 0 Å². The molecule has 2 aromatic rings. The van der Waals surface area contributed by atoms with Crippen LogP contribution in [0.15, 0.2) is 49.1 Å². The summed E-state index contributed by atoms with van der Waals surface area (Å²) < 4.78 is 0. The lowest BCUT2D eigenvalue weighted by atomic mass is 9.93. The number of hydrogen-bond donors (Lipinski definition) is 0. The first kappa shape index (κ1) is 13.6. The summed E-state index contributed by atoms with van der Waals surface area (Å²) in [5.41, 5.74) is 8.35. The molecule has 0 fully saturated rings. The maximum atomic E-state index is 3.86. The molecule has 0 aliphatic heterocycles. The quantitative estimate of drug-likeness (QED) is 0.675. The van der Waals surface area contributed by atoms with Crippen molar-refractivity contribution in [2.75, 3.05) is 0 Å². The van der Waals surface area contributed by atoms with Gasteiger partial charge in [0.05, 0.1) is 0 Å². The maximum absolute atomic E-state index is 3.86. The molecular formula is C19H22. The number of rotatable bonds is 4. The fraction of sp³-hybridized carbons (Fsp3) is 0.263. The van der Waals surface area contributed by atoms with Gasteiger partial charge in [-0.3, -0.25) is 0 Å². The largest absolute Gasteiger partial charge is 0.103 e. The summed E-state index contributed by atoms with van der Waals surface area (Å²) in [6.45, 7) is 10.4. The van der Waals surface area contributed by atoms with Gasteiger partial charge in [-0.25, -0.2) is 0 Å². The van der Waals surface area contributed by atoms with Crippen LogP contribution in [-0.4, -0.2) is 0 Å². The van der Waals surface area contributed by atoms with Crippen LogP contribution in [0.1, 0.15) is 33.4 Å². The molecule has 0 unspecified atom stereocenters. The fourth-order valence-corrected chi connectivity index (χ4v) is 2.48. The lowest BCUT2D eigenvalue weighted by Crippen LogP contribution is -1.98. The molecule has 0 radical (unpaired) electrons. The maximum Gasteiger partial charge on any atom is -0.00201 e. The smallest absolute Gasteiger partial charge is 0.00201 e. The summed E-state index contributed by atoms with van der Waals surface area (Å²) in [6.07, 6.45) is 3.94. The highest BCUT2D eigenvalue weighted by molar-refractivity contribution is 5.41. The zero-order valence-electron chi connectivity index (χ0n) is 12.2. The first-order valence-electron chi connectivity index (χ1n) is 6.86. The molecule has 0 saturated heterocycles. The molecule has 0 heteroatoms. The molecule has 0 aromatic heterocycles. The molecule has 2 aromatic carbocycles. The van der Waals surface area contributed by atoms with E-state index in [1.54, 1.807) is 0 Å². The van der Waals surface area contributed by atoms with Crippen molar-refractivity contribution in [2.45, 2.75) is 33.6 Å². The fourth-order valence-electron chi connectivity index (χ4n) is 2.48. The van der Waals surface area contributed by atoms with Crippen molar-refractivity contribution in [3.05, 3.63) is 82.4 Å². The molecule has 0 heterocycles. The normalized spacial score (nSPS) is 10.5. The van der Waals surface area contributed by atoms with E-state index >= 15 is 0 Å². The Balaban J connectivity index is 2.39. The van der Waals surface area contributed by atoms with E-state index in [1.807, 2.05) is 6.08 Å². The minimum atomic E-state index is 0.945. The molecule has 98 valence electrons. The second-order valence-electron chi connectivity index (χ2n) is 5.30. The van der Waals surface area contributed by atoms with Crippen molar-refractivity contribution in [3.8, 4) is 0 Å². The summed E-state index contributed by atoms with van der Waals surface area (Å²) in [7, 11) is 0. The van der Waals surface area contributed by atoms with Gasteiger partial charge in [-0.05, 0) is 61.4 Å². The van der Waals surface area contributed by atoms with Gasteiger partial charge in [0.2, 0.25) is 0 Å². The first-order chi connectivity index (χ1) is 9.11. The lowest BCUT2D eigenvalue weighted by Gasteiger charge is -2.12. The van der Waals surface area contributed by atoms with Gasteiger partial charge in [0.25, 0.3) is 0 Å². The monoisotopic (exact) mass is 250 g/mol. The van der Waals surface area contributed by atoms with E-state index in [1.165, 1.54) is 33.4 Å². The SMILES string of the molecule is C=CCc1ccc(C)cc1Cc1cccc(C)c1C. The molecule has 0 spiro atoms. The van der Waals surface area contributed by atoms with Gasteiger partial charge in [-0.15, -0.1) is 6.58 Å². The number of aryl methyl sites for hydroxylation is 2. The van der Waals surface area contributed by atoms with Crippen LogP contribution in [0.2, 0.25) is 0 Å². The molecular weight excluding hydrogens is 228 g/mol. The van der Waals surface area contributed by atoms with E-state index in [-0.39, 0.29) is 0 Å². The molecule has 0 saturated carbocycles. The standard InChI is InChI=1S/C19H22/c1-5-7-17-11-10-14(2)12-19(17)13-18-9-6-8-15(3)16(18)4/h5-6,8-12H,1,7,13H2,2-4H3. The average molecular weight is 250 g/mol. The summed E-state index contributed by atoms with van der Waals surface area (Å²) in [6, 6.07) is 13.3. The number of benzene rings is 2. The molecule has 0 amide bonds. The predicted molar refractivity (Wildman–Crippen MR) is 83.8 cm³/mol. The summed E-state index contributed by atoms with van der Waals surface area (Å²) in [5, 5.41) is 0. The van der Waals surface area contributed by atoms with Crippen LogP contribution in [0.5, 0.6) is 0 Å². The van der Waals surface area contributed by atoms with Crippen molar-refractivity contribution in [3.63, 3.8) is 0 Å². The molecule has 0 N–H and O–H groups in total. The second kappa shape index (κ2) is 5.88. The van der Waals surface area contributed by atoms with Crippen LogP contribution in [0.25, 0.3) is 0 Å². The van der Waals surface area contributed by atoms with Gasteiger partial charge in [-0.2, -0.15) is 0 Å². The Labute approximate surface area is 116 Å². The molecule has 0 aliphatic rings. The zero-order valence-corrected chi connectivity index (χ0v) is 12.2. The van der Waals surface area contributed by atoms with Crippen LogP contribution in [0, 0.1) is 20.8 Å². The van der Waals surface area contributed by atoms with Crippen molar-refractivity contribution in [2.24, 2.45) is 0 Å². The highest BCUT2D eigenvalue weighted by atomic mass is 14.1. The van der Waals surface area contributed by atoms with Gasteiger partial charge < -0.3 is 0 Å². The van der Waals surface area contributed by atoms with Crippen molar-refractivity contribution in [1.82, 2.24) is 0 Å². The van der Waals surface area contributed by atoms with Gasteiger partial charge in [0.1, 0.15) is 0 Å². The Kier molecular flexibility index (Phi) is 4.21. The molecule has 0 atom stereocenters. The van der Waals surface area contributed by atoms with E-state index < -0.39 is 0 Å². The van der Waals surface area contributed by atoms with E-state index in [2.05, 4.69) is 63.7 Å². The van der Waals surface area contributed by atoms with Gasteiger partial charge in [0, 0.05) is 0 Å². The number of hydrogen-bond acceptors (Lipinski definition) is 0. The van der Waals surface area contributed by atoms with Gasteiger partial charge >= 0.3 is 0 Å². The lowest BCUT2D eigenvalue weighted by molar-refractivity contribution is 1.08. The third kappa shape index (κ3) is 3.14. The Morgan fingerprint density at radius 2 is 1.74 bits per heavy atom. The molecule has 0 nitrogen and oxygen atoms in total. The molecule has 0 bridgehead atoms. The second-order valence-corrected chi connectivity index (χ2v) is 5.30. The zero-order chi connectivity index (χ0) is 13.8. The van der Waals surface area contributed by atoms with Gasteiger partial charge in [0.15, 0.2) is 0 Å². The molecule has 2 rings (SSSR count). The third-order valence-corrected chi connectivity index (χ3v) is 3.82. The Hall–Kier alpha value is -1.82. The Bertz CT molecular complexity index is 591. The van der Waals surface area contributed by atoms with Crippen LogP contribution in [0.4, 0.5) is 0 Å². The van der Waals surface area contributed by atoms with Crippen LogP contribution in [0.3, 0.4) is 0 Å². The topological polar surface area (TPSA) is 0 Å². The van der Waals surface area contributed by atoms with Crippen LogP contribution in [-0.2, 0) is 12.8 Å². The highest BCUT2D eigenvalue weighted by Gasteiger charge is 2.06. The van der Waals surface area contributed by atoms with E-state index in [0.717, 1.165) is 12.8 Å². The minimum Gasteiger partial charge on any atom is -0.103 e. The predicted octanol–water partition coefficient (Wildman–Crippen LogP) is 4.93. The molecule has 0 aliphatic carbocycles. The highest BCUT2D eigenvalue weighted by Crippen LogP contribution is 2.21. The van der Waals surface area contributed by atoms with E-state index in [0.29, 0.717) is 0 Å². The summed E-state index contributed by atoms with van der Waals surface area (Å²) in [5.74, 6) is 0. The van der Waals surface area contributed by atoms with Gasteiger partial charge in [-0.1, -0.05) is 48.0 Å². The van der Waals surface area contributed by atoms with Crippen molar-refractivity contribution in [1.29, 1.82) is 0 Å². The summed E-state index contributed by atoms with van der Waals surface area (Å²) >= 11 is 0. The molecule has 19 heavy (non-hydrogen) atoms. The Morgan fingerprint density at radius 3 is 2.47 bits per heavy atom. The van der Waals surface area contributed by atoms with E-state index in [9.17, 15) is 0 Å². The average Bonchev–Trinajstić information content (AvgIpc) is 2.38. The Morgan fingerprint density at radius 1 is 0.947 bits per heavy atom. The van der Waals surface area contributed by atoms with Crippen LogP contribution < -0.4 is 0 Å².